The number of esters is 1. The fourth-order valence-electron chi connectivity index (χ4n) is 1.27. The summed E-state index contributed by atoms with van der Waals surface area (Å²) in [6, 6.07) is 0. The molecule has 1 fully saturated rings. The Balaban J connectivity index is 2.23. The van der Waals surface area contributed by atoms with Crippen LogP contribution in [-0.2, 0) is 18.8 Å². The molecule has 10 heteroatoms. The molecule has 1 atom stereocenters. The number of hydrogen-bond donors (Lipinski definition) is 0. The van der Waals surface area contributed by atoms with Crippen LogP contribution in [0.3, 0.4) is 0 Å². The average Bonchev–Trinajstić information content (AvgIpc) is 2.63. The summed E-state index contributed by atoms with van der Waals surface area (Å²) in [5.41, 5.74) is 0. The lowest BCUT2D eigenvalue weighted by Crippen LogP contribution is -2.31. The highest BCUT2D eigenvalue weighted by Gasteiger charge is 2.29. The van der Waals surface area contributed by atoms with Crippen LogP contribution in [0.15, 0.2) is 10.3 Å². The van der Waals surface area contributed by atoms with Crippen molar-refractivity contribution in [2.75, 3.05) is 12.9 Å². The molecule has 1 aromatic rings. The van der Waals surface area contributed by atoms with Crippen LogP contribution in [0.4, 0.5) is 0 Å². The highest BCUT2D eigenvalue weighted by Crippen LogP contribution is 2.39. The van der Waals surface area contributed by atoms with E-state index >= 15 is 0 Å². The third-order valence-corrected chi connectivity index (χ3v) is 4.59. The maximum absolute atomic E-state index is 11.9. The zero-order chi connectivity index (χ0) is 14.0. The first-order chi connectivity index (χ1) is 8.90. The number of hydrogen-bond acceptors (Lipinski definition) is 8. The quantitative estimate of drug-likeness (QED) is 0.460. The third-order valence-electron chi connectivity index (χ3n) is 2.20. The van der Waals surface area contributed by atoms with Crippen LogP contribution in [0.25, 0.3) is 0 Å². The Morgan fingerprint density at radius 3 is 2.79 bits per heavy atom. The predicted molar refractivity (Wildman–Crippen MR) is 71.3 cm³/mol. The molecule has 2 heterocycles. The molecule has 0 spiro atoms. The van der Waals surface area contributed by atoms with E-state index in [1.165, 1.54) is 11.8 Å². The van der Waals surface area contributed by atoms with Gasteiger partial charge >= 0.3 is 15.3 Å². The Morgan fingerprint density at radius 1 is 1.63 bits per heavy atom. The molecule has 1 aliphatic rings. The minimum absolute atomic E-state index is 0.0454. The minimum Gasteiger partial charge on any atom is -0.431 e. The summed E-state index contributed by atoms with van der Waals surface area (Å²) >= 11 is 2.26. The standard InChI is InChI=1S/C9H9ClO6S3/c1-17-5-4-18-8(7(5)16-19(10,12)13)9(11)15-6-2-3-14-6/h4,6H,2-3H2,1H3. The van der Waals surface area contributed by atoms with E-state index in [0.29, 0.717) is 17.9 Å². The number of halogens is 1. The Kier molecular flexibility index (Phi) is 4.62. The fourth-order valence-corrected chi connectivity index (χ4v) is 3.60. The SMILES string of the molecule is CSc1csc(C(=O)OC2CCO2)c1OS(=O)(=O)Cl. The minimum atomic E-state index is -4.23. The maximum atomic E-state index is 11.9. The van der Waals surface area contributed by atoms with Crippen molar-refractivity contribution < 1.29 is 26.9 Å². The number of carbonyl (C=O) groups excluding carboxylic acids is 1. The summed E-state index contributed by atoms with van der Waals surface area (Å²) in [7, 11) is 0.814. The van der Waals surface area contributed by atoms with Gasteiger partial charge in [0.25, 0.3) is 0 Å². The van der Waals surface area contributed by atoms with Gasteiger partial charge in [0.05, 0.1) is 22.2 Å². The van der Waals surface area contributed by atoms with Gasteiger partial charge in [-0.25, -0.2) is 4.79 Å². The molecule has 0 amide bonds. The molecule has 0 saturated carbocycles. The molecule has 1 saturated heterocycles. The van der Waals surface area contributed by atoms with E-state index in [4.69, 9.17) is 20.2 Å². The molecule has 0 aromatic carbocycles. The van der Waals surface area contributed by atoms with Gasteiger partial charge in [0, 0.05) is 11.8 Å². The van der Waals surface area contributed by atoms with Gasteiger partial charge < -0.3 is 13.7 Å². The molecule has 0 N–H and O–H groups in total. The van der Waals surface area contributed by atoms with E-state index in [1.54, 1.807) is 11.6 Å². The van der Waals surface area contributed by atoms with Gasteiger partial charge in [-0.05, 0) is 6.26 Å². The molecule has 1 aromatic heterocycles. The number of ether oxygens (including phenoxy) is 2. The summed E-state index contributed by atoms with van der Waals surface area (Å²) < 4.78 is 36.6. The lowest BCUT2D eigenvalue weighted by atomic mass is 10.3. The van der Waals surface area contributed by atoms with Crippen LogP contribution < -0.4 is 4.18 Å². The van der Waals surface area contributed by atoms with Crippen molar-refractivity contribution in [1.82, 2.24) is 0 Å². The number of thiophene rings is 1. The Morgan fingerprint density at radius 2 is 2.32 bits per heavy atom. The van der Waals surface area contributed by atoms with Crippen LogP contribution in [0.1, 0.15) is 16.1 Å². The van der Waals surface area contributed by atoms with Crippen LogP contribution in [-0.4, -0.2) is 33.5 Å². The van der Waals surface area contributed by atoms with Gasteiger partial charge in [-0.15, -0.1) is 23.1 Å². The second-order valence-corrected chi connectivity index (χ2v) is 7.25. The summed E-state index contributed by atoms with van der Waals surface area (Å²) in [6.45, 7) is 0.540. The van der Waals surface area contributed by atoms with Crippen molar-refractivity contribution in [3.8, 4) is 5.75 Å². The smallest absolute Gasteiger partial charge is 0.401 e. The predicted octanol–water partition coefficient (Wildman–Crippen LogP) is 2.24. The van der Waals surface area contributed by atoms with Crippen molar-refractivity contribution in [3.05, 3.63) is 10.3 Å². The van der Waals surface area contributed by atoms with E-state index in [-0.39, 0.29) is 10.6 Å². The average molecular weight is 345 g/mol. The largest absolute Gasteiger partial charge is 0.431 e. The maximum Gasteiger partial charge on any atom is 0.401 e. The fraction of sp³-hybridized carbons (Fsp3) is 0.444. The van der Waals surface area contributed by atoms with E-state index in [1.807, 2.05) is 0 Å². The topological polar surface area (TPSA) is 78.9 Å². The Labute approximate surface area is 122 Å². The molecule has 2 rings (SSSR count). The van der Waals surface area contributed by atoms with E-state index in [9.17, 15) is 13.2 Å². The molecule has 106 valence electrons. The normalized spacial score (nSPS) is 18.7. The Hall–Kier alpha value is -0.480. The van der Waals surface area contributed by atoms with Crippen molar-refractivity contribution in [3.63, 3.8) is 0 Å². The third kappa shape index (κ3) is 3.76. The van der Waals surface area contributed by atoms with Crippen LogP contribution >= 0.6 is 33.8 Å². The number of rotatable bonds is 5. The summed E-state index contributed by atoms with van der Waals surface area (Å²) in [5.74, 6) is -0.790. The monoisotopic (exact) mass is 344 g/mol. The van der Waals surface area contributed by atoms with Crippen LogP contribution in [0, 0.1) is 0 Å². The van der Waals surface area contributed by atoms with Gasteiger partial charge in [-0.1, -0.05) is 0 Å². The highest BCUT2D eigenvalue weighted by atomic mass is 35.7. The molecule has 1 aliphatic heterocycles. The first kappa shape index (κ1) is 14.9. The van der Waals surface area contributed by atoms with E-state index in [0.717, 1.165) is 11.3 Å². The molecule has 6 nitrogen and oxygen atoms in total. The molecule has 1 unspecified atom stereocenters. The lowest BCUT2D eigenvalue weighted by Gasteiger charge is -2.25. The molecule has 19 heavy (non-hydrogen) atoms. The van der Waals surface area contributed by atoms with Gasteiger partial charge in [0.2, 0.25) is 6.29 Å². The van der Waals surface area contributed by atoms with E-state index in [2.05, 4.69) is 4.18 Å². The zero-order valence-corrected chi connectivity index (χ0v) is 12.8. The summed E-state index contributed by atoms with van der Waals surface area (Å²) in [6.07, 6.45) is 1.77. The van der Waals surface area contributed by atoms with Gasteiger partial charge in [0.1, 0.15) is 0 Å². The molecule has 0 aliphatic carbocycles. The first-order valence-electron chi connectivity index (χ1n) is 5.03. The number of carbonyl (C=O) groups is 1. The van der Waals surface area contributed by atoms with Gasteiger partial charge in [0.15, 0.2) is 10.6 Å². The lowest BCUT2D eigenvalue weighted by molar-refractivity contribution is -0.184. The Bertz CT molecular complexity index is 577. The van der Waals surface area contributed by atoms with Crippen molar-refractivity contribution in [2.24, 2.45) is 0 Å². The molecule has 0 bridgehead atoms. The van der Waals surface area contributed by atoms with E-state index < -0.39 is 21.6 Å². The van der Waals surface area contributed by atoms with Crippen LogP contribution in [0.5, 0.6) is 5.75 Å². The number of thioether (sulfide) groups is 1. The second-order valence-electron chi connectivity index (χ2n) is 3.43. The van der Waals surface area contributed by atoms with Gasteiger partial charge in [-0.2, -0.15) is 8.42 Å². The highest BCUT2D eigenvalue weighted by molar-refractivity contribution is 8.10. The van der Waals surface area contributed by atoms with Crippen molar-refractivity contribution in [2.45, 2.75) is 17.6 Å². The molecular formula is C9H9ClO6S3. The molecular weight excluding hydrogens is 336 g/mol. The summed E-state index contributed by atoms with van der Waals surface area (Å²) in [4.78, 5) is 12.4. The van der Waals surface area contributed by atoms with Gasteiger partial charge in [-0.3, -0.25) is 0 Å². The van der Waals surface area contributed by atoms with Crippen LogP contribution in [0.2, 0.25) is 0 Å². The molecule has 0 radical (unpaired) electrons. The van der Waals surface area contributed by atoms with Crippen molar-refractivity contribution in [1.29, 1.82) is 0 Å². The van der Waals surface area contributed by atoms with Crippen molar-refractivity contribution >= 4 is 49.1 Å². The zero-order valence-electron chi connectivity index (χ0n) is 9.62. The first-order valence-corrected chi connectivity index (χ1v) is 9.36. The second kappa shape index (κ2) is 5.88. The summed E-state index contributed by atoms with van der Waals surface area (Å²) in [5, 5.41) is 1.60.